The Labute approximate surface area is 53.3 Å². The van der Waals surface area contributed by atoms with Crippen LogP contribution < -0.4 is 0 Å². The van der Waals surface area contributed by atoms with E-state index in [1.807, 2.05) is 0 Å². The molecule has 0 N–H and O–H groups in total. The molecule has 0 heterocycles. The lowest BCUT2D eigenvalue weighted by Gasteiger charge is -2.03. The first-order valence-electron chi connectivity index (χ1n) is 3.43. The molecule has 0 saturated carbocycles. The quantitative estimate of drug-likeness (QED) is 0.524. The molecule has 0 aromatic heterocycles. The van der Waals surface area contributed by atoms with Crippen LogP contribution in [-0.4, -0.2) is 0 Å². The topological polar surface area (TPSA) is 0 Å². The summed E-state index contributed by atoms with van der Waals surface area (Å²) in [5.41, 5.74) is 0. The summed E-state index contributed by atoms with van der Waals surface area (Å²) in [4.78, 5) is 0. The highest BCUT2D eigenvalue weighted by Gasteiger charge is 1.95. The van der Waals surface area contributed by atoms with Crippen LogP contribution in [0, 0.1) is 19.3 Å². The van der Waals surface area contributed by atoms with E-state index in [0.717, 1.165) is 12.3 Å². The first kappa shape index (κ1) is 8.00. The Bertz CT molecular complexity index is 39.3. The van der Waals surface area contributed by atoms with Crippen molar-refractivity contribution in [1.82, 2.24) is 0 Å². The molecule has 0 aromatic rings. The number of unbranched alkanes of at least 4 members (excludes halogenated alkanes) is 1. The zero-order valence-electron chi connectivity index (χ0n) is 5.98. The van der Waals surface area contributed by atoms with Gasteiger partial charge in [-0.25, -0.2) is 0 Å². The zero-order valence-corrected chi connectivity index (χ0v) is 5.98. The molecule has 0 rings (SSSR count). The van der Waals surface area contributed by atoms with Gasteiger partial charge in [0, 0.05) is 0 Å². The van der Waals surface area contributed by atoms with Gasteiger partial charge in [0.1, 0.15) is 0 Å². The fraction of sp³-hybridized carbons (Fsp3) is 0.750. The third-order valence-corrected chi connectivity index (χ3v) is 1.31. The molecule has 2 radical (unpaired) electrons. The van der Waals surface area contributed by atoms with E-state index in [2.05, 4.69) is 27.2 Å². The molecule has 0 bridgehead atoms. The average molecular weight is 112 g/mol. The summed E-state index contributed by atoms with van der Waals surface area (Å²) >= 11 is 0. The number of hydrogen-bond acceptors (Lipinski definition) is 0. The Hall–Kier alpha value is 0. The van der Waals surface area contributed by atoms with E-state index in [-0.39, 0.29) is 0 Å². The summed E-state index contributed by atoms with van der Waals surface area (Å²) in [7, 11) is 0. The van der Waals surface area contributed by atoms with Gasteiger partial charge >= 0.3 is 0 Å². The van der Waals surface area contributed by atoms with Crippen LogP contribution in [0.4, 0.5) is 0 Å². The van der Waals surface area contributed by atoms with Gasteiger partial charge in [-0.1, -0.05) is 40.0 Å². The normalized spacial score (nSPS) is 13.9. The molecule has 48 valence electrons. The van der Waals surface area contributed by atoms with E-state index in [0.29, 0.717) is 0 Å². The summed E-state index contributed by atoms with van der Waals surface area (Å²) in [6, 6.07) is 0. The molecule has 0 aromatic carbocycles. The maximum atomic E-state index is 3.81. The van der Waals surface area contributed by atoms with Gasteiger partial charge in [-0.3, -0.25) is 0 Å². The van der Waals surface area contributed by atoms with Gasteiger partial charge in [0.2, 0.25) is 0 Å². The molecule has 0 aliphatic rings. The van der Waals surface area contributed by atoms with Crippen molar-refractivity contribution in [3.05, 3.63) is 13.3 Å². The highest BCUT2D eigenvalue weighted by Crippen LogP contribution is 2.08. The van der Waals surface area contributed by atoms with Crippen LogP contribution in [-0.2, 0) is 0 Å². The lowest BCUT2D eigenvalue weighted by molar-refractivity contribution is 0.638. The summed E-state index contributed by atoms with van der Waals surface area (Å²) in [6.07, 6.45) is 5.90. The second-order valence-electron chi connectivity index (χ2n) is 2.29. The monoisotopic (exact) mass is 112 g/mol. The first-order valence-corrected chi connectivity index (χ1v) is 3.43. The molecule has 1 atom stereocenters. The fourth-order valence-electron chi connectivity index (χ4n) is 0.569. The van der Waals surface area contributed by atoms with Crippen LogP contribution >= 0.6 is 0 Å². The Kier molecular flexibility index (Phi) is 5.14. The summed E-state index contributed by atoms with van der Waals surface area (Å²) in [6.45, 7) is 8.22. The van der Waals surface area contributed by atoms with Crippen LogP contribution in [0.5, 0.6) is 0 Å². The number of rotatable bonds is 4. The molecule has 0 amide bonds. The Morgan fingerprint density at radius 3 is 2.62 bits per heavy atom. The second-order valence-corrected chi connectivity index (χ2v) is 2.29. The average Bonchev–Trinajstić information content (AvgIpc) is 1.83. The van der Waals surface area contributed by atoms with E-state index >= 15 is 0 Å². The van der Waals surface area contributed by atoms with Crippen molar-refractivity contribution < 1.29 is 0 Å². The highest BCUT2D eigenvalue weighted by atomic mass is 14.0. The van der Waals surface area contributed by atoms with E-state index in [9.17, 15) is 0 Å². The molecule has 1 unspecified atom stereocenters. The Balaban J connectivity index is 2.86. The number of hydrogen-bond donors (Lipinski definition) is 0. The molecule has 0 nitrogen and oxygen atoms in total. The second kappa shape index (κ2) is 5.14. The smallest absolute Gasteiger partial charge is 0.0358 e. The summed E-state index contributed by atoms with van der Waals surface area (Å²) < 4.78 is 0. The van der Waals surface area contributed by atoms with E-state index in [1.165, 1.54) is 12.8 Å². The first-order chi connectivity index (χ1) is 3.81. The van der Waals surface area contributed by atoms with Crippen LogP contribution in [0.2, 0.25) is 0 Å². The van der Waals surface area contributed by atoms with Crippen LogP contribution in [0.1, 0.15) is 33.1 Å². The molecule has 0 heteroatoms. The maximum Gasteiger partial charge on any atom is -0.0358 e. The molecule has 0 spiro atoms. The van der Waals surface area contributed by atoms with Gasteiger partial charge in [0.15, 0.2) is 0 Å². The van der Waals surface area contributed by atoms with Crippen molar-refractivity contribution in [2.24, 2.45) is 5.92 Å². The van der Waals surface area contributed by atoms with Crippen LogP contribution in [0.3, 0.4) is 0 Å². The fourth-order valence-corrected chi connectivity index (χ4v) is 0.569. The minimum Gasteiger partial charge on any atom is -0.0654 e. The van der Waals surface area contributed by atoms with Crippen molar-refractivity contribution in [3.8, 4) is 0 Å². The highest BCUT2D eigenvalue weighted by molar-refractivity contribution is 4.71. The van der Waals surface area contributed by atoms with Crippen molar-refractivity contribution in [1.29, 1.82) is 0 Å². The largest absolute Gasteiger partial charge is 0.0654 e. The summed E-state index contributed by atoms with van der Waals surface area (Å²) in [5.74, 6) is 0.718. The molecule has 8 heavy (non-hydrogen) atoms. The van der Waals surface area contributed by atoms with Gasteiger partial charge in [-0.15, -0.1) is 0 Å². The predicted octanol–water partition coefficient (Wildman–Crippen LogP) is 2.85. The summed E-state index contributed by atoms with van der Waals surface area (Å²) in [5, 5.41) is 0. The minimum absolute atomic E-state index is 0.718. The third-order valence-electron chi connectivity index (χ3n) is 1.31. The SMILES string of the molecule is [CH2]CC(C)[CH]CCC. The molecule has 0 fully saturated rings. The molecule has 0 aliphatic heterocycles. The van der Waals surface area contributed by atoms with Crippen molar-refractivity contribution >= 4 is 0 Å². The molecule has 0 aliphatic carbocycles. The van der Waals surface area contributed by atoms with Gasteiger partial charge in [0.25, 0.3) is 0 Å². The Morgan fingerprint density at radius 1 is 1.62 bits per heavy atom. The van der Waals surface area contributed by atoms with Crippen LogP contribution in [0.25, 0.3) is 0 Å². The lowest BCUT2D eigenvalue weighted by Crippen LogP contribution is -1.91. The van der Waals surface area contributed by atoms with Crippen molar-refractivity contribution in [3.63, 3.8) is 0 Å². The van der Waals surface area contributed by atoms with Crippen LogP contribution in [0.15, 0.2) is 0 Å². The van der Waals surface area contributed by atoms with E-state index in [4.69, 9.17) is 0 Å². The molecular formula is C8H16. The standard InChI is InChI=1S/C8H16/c1-4-6-7-8(3)5-2/h7-8H,2,4-6H2,1,3H3. The maximum absolute atomic E-state index is 3.81. The zero-order chi connectivity index (χ0) is 6.41. The van der Waals surface area contributed by atoms with Gasteiger partial charge in [0.05, 0.1) is 0 Å². The van der Waals surface area contributed by atoms with Crippen molar-refractivity contribution in [2.45, 2.75) is 33.1 Å². The van der Waals surface area contributed by atoms with Gasteiger partial charge in [-0.2, -0.15) is 0 Å². The molecule has 0 saturated heterocycles. The Morgan fingerprint density at radius 2 is 2.25 bits per heavy atom. The van der Waals surface area contributed by atoms with Gasteiger partial charge in [-0.05, 0) is 12.3 Å². The molecular weight excluding hydrogens is 96.1 g/mol. The van der Waals surface area contributed by atoms with Gasteiger partial charge < -0.3 is 0 Å². The van der Waals surface area contributed by atoms with Crippen molar-refractivity contribution in [2.75, 3.05) is 0 Å². The lowest BCUT2D eigenvalue weighted by atomic mass is 10.0. The predicted molar refractivity (Wildman–Crippen MR) is 38.3 cm³/mol. The minimum atomic E-state index is 0.718. The van der Waals surface area contributed by atoms with E-state index < -0.39 is 0 Å². The van der Waals surface area contributed by atoms with E-state index in [1.54, 1.807) is 0 Å². The third kappa shape index (κ3) is 4.17.